The van der Waals surface area contributed by atoms with E-state index >= 15 is 0 Å². The molecule has 4 rings (SSSR count). The second-order valence-electron chi connectivity index (χ2n) is 10.00. The molecule has 4 aromatic carbocycles. The number of benzene rings is 4. The van der Waals surface area contributed by atoms with Crippen molar-refractivity contribution in [2.75, 3.05) is 13.2 Å². The van der Waals surface area contributed by atoms with Crippen molar-refractivity contribution in [3.63, 3.8) is 0 Å². The molecule has 7 heteroatoms. The van der Waals surface area contributed by atoms with E-state index in [1.54, 1.807) is 36.4 Å². The lowest BCUT2D eigenvalue weighted by molar-refractivity contribution is 0.0953. The van der Waals surface area contributed by atoms with Crippen molar-refractivity contribution in [3.05, 3.63) is 111 Å². The van der Waals surface area contributed by atoms with Crippen LogP contribution in [-0.2, 0) is 11.3 Å². The monoisotopic (exact) mass is 609 g/mol. The van der Waals surface area contributed by atoms with Gasteiger partial charge in [-0.1, -0.05) is 96.9 Å². The summed E-state index contributed by atoms with van der Waals surface area (Å²) in [7, 11) is 0. The smallest absolute Gasteiger partial charge is 0.251 e. The summed E-state index contributed by atoms with van der Waals surface area (Å²) < 4.78 is 5.75. The van der Waals surface area contributed by atoms with Crippen LogP contribution in [0.5, 0.6) is 5.75 Å². The Morgan fingerprint density at radius 1 is 0.683 bits per heavy atom. The van der Waals surface area contributed by atoms with Gasteiger partial charge in [-0.2, -0.15) is 0 Å². The largest absolute Gasteiger partial charge is 0.507 e. The number of nitrogens with one attached hydrogen (secondary N) is 1. The Labute approximate surface area is 257 Å². The van der Waals surface area contributed by atoms with E-state index in [-0.39, 0.29) is 11.7 Å². The second kappa shape index (κ2) is 15.8. The number of rotatable bonds is 14. The van der Waals surface area contributed by atoms with Gasteiger partial charge in [0.2, 0.25) is 0 Å². The highest BCUT2D eigenvalue weighted by atomic mass is 35.5. The molecule has 4 aromatic rings. The third-order valence-electron chi connectivity index (χ3n) is 6.83. The van der Waals surface area contributed by atoms with E-state index in [1.165, 1.54) is 0 Å². The molecule has 4 nitrogen and oxygen atoms in total. The Morgan fingerprint density at radius 2 is 1.24 bits per heavy atom. The molecule has 0 bridgehead atoms. The Hall–Kier alpha value is -3.02. The molecule has 0 radical (unpaired) electrons. The topological polar surface area (TPSA) is 58.6 Å². The van der Waals surface area contributed by atoms with E-state index < -0.39 is 0 Å². The van der Waals surface area contributed by atoms with Gasteiger partial charge in [0.1, 0.15) is 5.75 Å². The predicted octanol–water partition coefficient (Wildman–Crippen LogP) is 9.97. The zero-order chi connectivity index (χ0) is 29.0. The van der Waals surface area contributed by atoms with E-state index in [0.29, 0.717) is 39.9 Å². The highest BCUT2D eigenvalue weighted by Crippen LogP contribution is 2.40. The van der Waals surface area contributed by atoms with Gasteiger partial charge in [-0.3, -0.25) is 4.79 Å². The fourth-order valence-electron chi connectivity index (χ4n) is 4.63. The number of halogens is 3. The minimum Gasteiger partial charge on any atom is -0.507 e. The summed E-state index contributed by atoms with van der Waals surface area (Å²) in [5.74, 6) is -0.115. The van der Waals surface area contributed by atoms with Crippen molar-refractivity contribution < 1.29 is 14.6 Å². The fourth-order valence-corrected chi connectivity index (χ4v) is 5.14. The lowest BCUT2D eigenvalue weighted by Crippen LogP contribution is -2.24. The van der Waals surface area contributed by atoms with Gasteiger partial charge in [0.15, 0.2) is 0 Å². The number of hydrogen-bond acceptors (Lipinski definition) is 3. The van der Waals surface area contributed by atoms with Gasteiger partial charge in [0.25, 0.3) is 5.91 Å². The number of amides is 1. The summed E-state index contributed by atoms with van der Waals surface area (Å²) in [4.78, 5) is 13.1. The van der Waals surface area contributed by atoms with Crippen molar-refractivity contribution in [1.29, 1.82) is 0 Å². The van der Waals surface area contributed by atoms with Crippen LogP contribution >= 0.6 is 34.8 Å². The maximum Gasteiger partial charge on any atom is 0.251 e. The number of aromatic hydroxyl groups is 1. The molecule has 0 fully saturated rings. The molecule has 2 N–H and O–H groups in total. The SMILES string of the molecule is O=C(NCCCCCCCCOCc1ccc(Cl)cc1)c1cc(-c2cccc(Cl)c2)c(O)c(-c2cccc(Cl)c2)c1. The van der Waals surface area contributed by atoms with Gasteiger partial charge in [0.05, 0.1) is 6.61 Å². The minimum absolute atomic E-state index is 0.0708. The van der Waals surface area contributed by atoms with Gasteiger partial charge in [-0.15, -0.1) is 0 Å². The molecule has 214 valence electrons. The lowest BCUT2D eigenvalue weighted by Gasteiger charge is -2.14. The quantitative estimate of drug-likeness (QED) is 0.140. The summed E-state index contributed by atoms with van der Waals surface area (Å²) in [6.45, 7) is 1.95. The number of carbonyl (C=O) groups is 1. The molecule has 0 atom stereocenters. The highest BCUT2D eigenvalue weighted by Gasteiger charge is 2.17. The number of unbranched alkanes of at least 4 members (excludes halogenated alkanes) is 5. The molecule has 0 saturated carbocycles. The first kappa shape index (κ1) is 30.9. The van der Waals surface area contributed by atoms with Gasteiger partial charge in [-0.25, -0.2) is 0 Å². The van der Waals surface area contributed by atoms with Crippen molar-refractivity contribution in [1.82, 2.24) is 5.32 Å². The Bertz CT molecular complexity index is 1370. The molecule has 0 saturated heterocycles. The van der Waals surface area contributed by atoms with Crippen molar-refractivity contribution >= 4 is 40.7 Å². The number of hydrogen-bond donors (Lipinski definition) is 2. The molecule has 1 amide bonds. The summed E-state index contributed by atoms with van der Waals surface area (Å²) in [6, 6.07) is 25.6. The van der Waals surface area contributed by atoms with E-state index in [0.717, 1.165) is 66.8 Å². The molecule has 0 unspecified atom stereocenters. The molecule has 0 aliphatic carbocycles. The maximum absolute atomic E-state index is 13.1. The molecular weight excluding hydrogens is 577 g/mol. The molecule has 41 heavy (non-hydrogen) atoms. The fraction of sp³-hybridized carbons (Fsp3) is 0.265. The number of carbonyl (C=O) groups excluding carboxylic acids is 1. The first-order chi connectivity index (χ1) is 19.9. The van der Waals surface area contributed by atoms with Crippen LogP contribution in [-0.4, -0.2) is 24.2 Å². The highest BCUT2D eigenvalue weighted by molar-refractivity contribution is 6.31. The van der Waals surface area contributed by atoms with Crippen molar-refractivity contribution in [2.24, 2.45) is 0 Å². The number of phenols is 1. The Kier molecular flexibility index (Phi) is 11.9. The molecular formula is C34H34Cl3NO3. The van der Waals surface area contributed by atoms with Crippen LogP contribution in [0.1, 0.15) is 54.4 Å². The third kappa shape index (κ3) is 9.51. The van der Waals surface area contributed by atoms with Gasteiger partial charge < -0.3 is 15.2 Å². The Balaban J connectivity index is 1.25. The predicted molar refractivity (Wildman–Crippen MR) is 170 cm³/mol. The maximum atomic E-state index is 13.1. The van der Waals surface area contributed by atoms with Crippen LogP contribution in [0.3, 0.4) is 0 Å². The van der Waals surface area contributed by atoms with E-state index in [1.807, 2.05) is 48.5 Å². The summed E-state index contributed by atoms with van der Waals surface area (Å²) >= 11 is 18.3. The molecule has 0 spiro atoms. The summed E-state index contributed by atoms with van der Waals surface area (Å²) in [5.41, 5.74) is 4.11. The number of ether oxygens (including phenoxy) is 1. The molecule has 0 aliphatic heterocycles. The van der Waals surface area contributed by atoms with Crippen LogP contribution < -0.4 is 5.32 Å². The van der Waals surface area contributed by atoms with Crippen LogP contribution in [0.2, 0.25) is 15.1 Å². The minimum atomic E-state index is -0.186. The summed E-state index contributed by atoms with van der Waals surface area (Å²) in [6.07, 6.45) is 6.36. The normalized spacial score (nSPS) is 11.0. The van der Waals surface area contributed by atoms with Gasteiger partial charge >= 0.3 is 0 Å². The van der Waals surface area contributed by atoms with Crippen LogP contribution in [0.4, 0.5) is 0 Å². The second-order valence-corrected chi connectivity index (χ2v) is 11.3. The average Bonchev–Trinajstić information content (AvgIpc) is 2.97. The van der Waals surface area contributed by atoms with Crippen LogP contribution in [0.15, 0.2) is 84.9 Å². The van der Waals surface area contributed by atoms with Crippen LogP contribution in [0.25, 0.3) is 22.3 Å². The molecule has 0 aromatic heterocycles. The number of phenolic OH excluding ortho intramolecular Hbond substituents is 1. The van der Waals surface area contributed by atoms with Gasteiger partial charge in [0, 0.05) is 44.9 Å². The third-order valence-corrected chi connectivity index (χ3v) is 7.55. The molecule has 0 aliphatic rings. The zero-order valence-electron chi connectivity index (χ0n) is 22.8. The first-order valence-corrected chi connectivity index (χ1v) is 15.0. The van der Waals surface area contributed by atoms with E-state index in [9.17, 15) is 9.90 Å². The zero-order valence-corrected chi connectivity index (χ0v) is 25.1. The molecule has 0 heterocycles. The summed E-state index contributed by atoms with van der Waals surface area (Å²) in [5, 5.41) is 16.0. The van der Waals surface area contributed by atoms with Crippen LogP contribution in [0, 0.1) is 0 Å². The van der Waals surface area contributed by atoms with Gasteiger partial charge in [-0.05, 0) is 78.1 Å². The average molecular weight is 611 g/mol. The lowest BCUT2D eigenvalue weighted by atomic mass is 9.94. The van der Waals surface area contributed by atoms with Crippen molar-refractivity contribution in [2.45, 2.75) is 45.1 Å². The standard InChI is InChI=1S/C34H34Cl3NO3/c35-28-15-13-24(14-16-28)23-41-18-6-4-2-1-3-5-17-38-34(40)27-21-31(25-9-7-11-29(36)19-25)33(39)32(22-27)26-10-8-12-30(37)20-26/h7-16,19-22,39H,1-6,17-18,23H2,(H,38,40). The first-order valence-electron chi connectivity index (χ1n) is 13.9. The van der Waals surface area contributed by atoms with E-state index in [4.69, 9.17) is 39.5 Å². The van der Waals surface area contributed by atoms with E-state index in [2.05, 4.69) is 5.32 Å². The Morgan fingerprint density at radius 3 is 1.83 bits per heavy atom. The van der Waals surface area contributed by atoms with Crippen molar-refractivity contribution in [3.8, 4) is 28.0 Å².